The third kappa shape index (κ3) is 3.43. The molecule has 0 aliphatic rings. The lowest BCUT2D eigenvalue weighted by Crippen LogP contribution is -2.29. The number of amides is 1. The lowest BCUT2D eigenvalue weighted by molar-refractivity contribution is -0.384. The fourth-order valence-electron chi connectivity index (χ4n) is 2.02. The number of hydrogen-bond acceptors (Lipinski definition) is 6. The maximum absolute atomic E-state index is 11.8. The highest BCUT2D eigenvalue weighted by Gasteiger charge is 2.25. The van der Waals surface area contributed by atoms with Crippen LogP contribution in [0, 0.1) is 10.1 Å². The molecule has 0 atom stereocenters. The first-order valence-corrected chi connectivity index (χ1v) is 6.76. The summed E-state index contributed by atoms with van der Waals surface area (Å²) in [6, 6.07) is 3.47. The molecule has 0 saturated carbocycles. The minimum Gasteiger partial charge on any atom is -0.467 e. The van der Waals surface area contributed by atoms with Crippen molar-refractivity contribution in [1.29, 1.82) is 0 Å². The second-order valence-corrected chi connectivity index (χ2v) is 4.59. The second kappa shape index (κ2) is 6.74. The summed E-state index contributed by atoms with van der Waals surface area (Å²) < 4.78 is 6.47. The largest absolute Gasteiger partial charge is 0.467 e. The number of furan rings is 1. The number of nitrogens with zero attached hydrogens (tertiary/aromatic N) is 3. The molecule has 2 rings (SSSR count). The number of rotatable bonds is 7. The van der Waals surface area contributed by atoms with Gasteiger partial charge in [0.15, 0.2) is 0 Å². The van der Waals surface area contributed by atoms with Crippen molar-refractivity contribution in [2.75, 3.05) is 11.9 Å². The van der Waals surface area contributed by atoms with Crippen LogP contribution >= 0.6 is 0 Å². The Kier molecular flexibility index (Phi) is 4.77. The van der Waals surface area contributed by atoms with Gasteiger partial charge in [0.2, 0.25) is 11.7 Å². The molecule has 118 valence electrons. The van der Waals surface area contributed by atoms with E-state index in [0.29, 0.717) is 17.9 Å². The molecule has 2 aromatic rings. The topological polar surface area (TPSA) is 115 Å². The Balaban J connectivity index is 1.97. The van der Waals surface area contributed by atoms with Crippen LogP contribution in [0.2, 0.25) is 0 Å². The quantitative estimate of drug-likeness (QED) is 0.587. The molecule has 2 N–H and O–H groups in total. The SMILES string of the molecule is CCc1nn(C)c(NCC(=O)NCc2ccco2)c1[N+](=O)[O-]. The summed E-state index contributed by atoms with van der Waals surface area (Å²) in [6.45, 7) is 1.96. The lowest BCUT2D eigenvalue weighted by atomic mass is 10.3. The number of nitro groups is 1. The van der Waals surface area contributed by atoms with Crippen LogP contribution in [0.25, 0.3) is 0 Å². The second-order valence-electron chi connectivity index (χ2n) is 4.59. The third-order valence-corrected chi connectivity index (χ3v) is 3.07. The molecular weight excluding hydrogens is 290 g/mol. The number of hydrogen-bond donors (Lipinski definition) is 2. The van der Waals surface area contributed by atoms with Crippen LogP contribution in [0.15, 0.2) is 22.8 Å². The molecule has 0 aliphatic carbocycles. The molecule has 0 saturated heterocycles. The monoisotopic (exact) mass is 307 g/mol. The Bertz CT molecular complexity index is 662. The molecule has 0 aromatic carbocycles. The van der Waals surface area contributed by atoms with Gasteiger partial charge in [-0.2, -0.15) is 5.10 Å². The van der Waals surface area contributed by atoms with Crippen LogP contribution in [-0.4, -0.2) is 27.2 Å². The van der Waals surface area contributed by atoms with E-state index < -0.39 is 4.92 Å². The van der Waals surface area contributed by atoms with Crippen molar-refractivity contribution in [1.82, 2.24) is 15.1 Å². The molecular formula is C13H17N5O4. The molecule has 0 aliphatic heterocycles. The number of carbonyl (C=O) groups is 1. The van der Waals surface area contributed by atoms with Gasteiger partial charge in [0.05, 0.1) is 24.3 Å². The Morgan fingerprint density at radius 1 is 1.55 bits per heavy atom. The first kappa shape index (κ1) is 15.5. The van der Waals surface area contributed by atoms with Crippen LogP contribution in [0.5, 0.6) is 0 Å². The lowest BCUT2D eigenvalue weighted by Gasteiger charge is -2.06. The number of nitrogens with one attached hydrogen (secondary N) is 2. The van der Waals surface area contributed by atoms with Gasteiger partial charge in [0.25, 0.3) is 0 Å². The van der Waals surface area contributed by atoms with Gasteiger partial charge < -0.3 is 15.1 Å². The number of carbonyl (C=O) groups excluding carboxylic acids is 1. The fourth-order valence-corrected chi connectivity index (χ4v) is 2.02. The van der Waals surface area contributed by atoms with Gasteiger partial charge in [-0.3, -0.25) is 14.9 Å². The van der Waals surface area contributed by atoms with Crippen molar-refractivity contribution in [3.05, 3.63) is 40.0 Å². The third-order valence-electron chi connectivity index (χ3n) is 3.07. The highest BCUT2D eigenvalue weighted by molar-refractivity contribution is 5.81. The van der Waals surface area contributed by atoms with Crippen molar-refractivity contribution in [2.24, 2.45) is 7.05 Å². The van der Waals surface area contributed by atoms with E-state index in [9.17, 15) is 14.9 Å². The van der Waals surface area contributed by atoms with E-state index in [1.807, 2.05) is 0 Å². The number of anilines is 1. The van der Waals surface area contributed by atoms with Crippen molar-refractivity contribution >= 4 is 17.4 Å². The maximum Gasteiger partial charge on any atom is 0.333 e. The molecule has 0 unspecified atom stereocenters. The molecule has 1 amide bonds. The molecule has 22 heavy (non-hydrogen) atoms. The maximum atomic E-state index is 11.8. The fraction of sp³-hybridized carbons (Fsp3) is 0.385. The van der Waals surface area contributed by atoms with Gasteiger partial charge in [-0.25, -0.2) is 4.68 Å². The molecule has 2 heterocycles. The minimum atomic E-state index is -0.491. The Labute approximate surface area is 126 Å². The first-order chi connectivity index (χ1) is 10.5. The van der Waals surface area contributed by atoms with Gasteiger partial charge in [0.1, 0.15) is 11.5 Å². The molecule has 0 fully saturated rings. The van der Waals surface area contributed by atoms with Crippen molar-refractivity contribution in [3.8, 4) is 0 Å². The summed E-state index contributed by atoms with van der Waals surface area (Å²) in [6.07, 6.45) is 1.96. The zero-order valence-corrected chi connectivity index (χ0v) is 12.3. The van der Waals surface area contributed by atoms with Gasteiger partial charge in [0, 0.05) is 7.05 Å². The van der Waals surface area contributed by atoms with Crippen molar-refractivity contribution in [2.45, 2.75) is 19.9 Å². The van der Waals surface area contributed by atoms with Gasteiger partial charge in [-0.15, -0.1) is 0 Å². The number of aryl methyl sites for hydroxylation is 2. The highest BCUT2D eigenvalue weighted by atomic mass is 16.6. The molecule has 0 bridgehead atoms. The molecule has 0 spiro atoms. The van der Waals surface area contributed by atoms with Crippen LogP contribution in [0.4, 0.5) is 11.5 Å². The standard InChI is InChI=1S/C13H17N5O4/c1-3-10-12(18(20)21)13(17(2)16-10)15-8-11(19)14-7-9-5-4-6-22-9/h4-6,15H,3,7-8H2,1-2H3,(H,14,19). The molecule has 9 heteroatoms. The minimum absolute atomic E-state index is 0.0930. The van der Waals surface area contributed by atoms with Gasteiger partial charge in [-0.1, -0.05) is 6.92 Å². The van der Waals surface area contributed by atoms with Gasteiger partial charge >= 0.3 is 5.69 Å². The van der Waals surface area contributed by atoms with Crippen LogP contribution in [-0.2, 0) is 24.8 Å². The summed E-state index contributed by atoms with van der Waals surface area (Å²) in [4.78, 5) is 22.4. The summed E-state index contributed by atoms with van der Waals surface area (Å²) in [5, 5.41) is 20.6. The highest BCUT2D eigenvalue weighted by Crippen LogP contribution is 2.28. The van der Waals surface area contributed by atoms with E-state index in [4.69, 9.17) is 4.42 Å². The molecule has 2 aromatic heterocycles. The summed E-state index contributed by atoms with van der Waals surface area (Å²) in [5.41, 5.74) is 0.287. The van der Waals surface area contributed by atoms with Crippen LogP contribution in [0.3, 0.4) is 0 Å². The number of aromatic nitrogens is 2. The zero-order valence-electron chi connectivity index (χ0n) is 12.3. The Morgan fingerprint density at radius 2 is 2.32 bits per heavy atom. The summed E-state index contributed by atoms with van der Waals surface area (Å²) in [7, 11) is 1.59. The smallest absolute Gasteiger partial charge is 0.333 e. The normalized spacial score (nSPS) is 10.5. The van der Waals surface area contributed by atoms with E-state index in [1.54, 1.807) is 26.1 Å². The van der Waals surface area contributed by atoms with Crippen molar-refractivity contribution < 1.29 is 14.1 Å². The Morgan fingerprint density at radius 3 is 2.91 bits per heavy atom. The van der Waals surface area contributed by atoms with E-state index in [1.165, 1.54) is 10.9 Å². The van der Waals surface area contributed by atoms with Crippen LogP contribution < -0.4 is 10.6 Å². The van der Waals surface area contributed by atoms with E-state index in [-0.39, 0.29) is 30.5 Å². The summed E-state index contributed by atoms with van der Waals surface area (Å²) in [5.74, 6) is 0.549. The van der Waals surface area contributed by atoms with Crippen LogP contribution in [0.1, 0.15) is 18.4 Å². The van der Waals surface area contributed by atoms with E-state index >= 15 is 0 Å². The van der Waals surface area contributed by atoms with Crippen molar-refractivity contribution in [3.63, 3.8) is 0 Å². The zero-order chi connectivity index (χ0) is 16.1. The average molecular weight is 307 g/mol. The van der Waals surface area contributed by atoms with E-state index in [2.05, 4.69) is 15.7 Å². The van der Waals surface area contributed by atoms with E-state index in [0.717, 1.165) is 0 Å². The predicted octanol–water partition coefficient (Wildman–Crippen LogP) is 1.21. The molecule has 9 nitrogen and oxygen atoms in total. The first-order valence-electron chi connectivity index (χ1n) is 6.76. The Hall–Kier alpha value is -2.84. The summed E-state index contributed by atoms with van der Waals surface area (Å²) >= 11 is 0. The molecule has 0 radical (unpaired) electrons. The predicted molar refractivity (Wildman–Crippen MR) is 78.3 cm³/mol. The van der Waals surface area contributed by atoms with Gasteiger partial charge in [-0.05, 0) is 18.6 Å². The average Bonchev–Trinajstić information content (AvgIpc) is 3.10.